The Hall–Kier alpha value is -3.09. The van der Waals surface area contributed by atoms with E-state index in [2.05, 4.69) is 5.32 Å². The summed E-state index contributed by atoms with van der Waals surface area (Å²) in [5.41, 5.74) is 2.35. The third kappa shape index (κ3) is 5.54. The zero-order valence-electron chi connectivity index (χ0n) is 16.9. The molecule has 6 nitrogen and oxygen atoms in total. The van der Waals surface area contributed by atoms with Gasteiger partial charge >= 0.3 is 5.97 Å². The molecule has 0 unspecified atom stereocenters. The van der Waals surface area contributed by atoms with Gasteiger partial charge in [-0.1, -0.05) is 35.3 Å². The summed E-state index contributed by atoms with van der Waals surface area (Å²) in [5, 5.41) is 13.5. The highest BCUT2D eigenvalue weighted by molar-refractivity contribution is 6.35. The second-order valence-corrected chi connectivity index (χ2v) is 7.36. The van der Waals surface area contributed by atoms with Crippen LogP contribution in [-0.4, -0.2) is 25.3 Å². The van der Waals surface area contributed by atoms with E-state index in [0.717, 1.165) is 5.56 Å². The second-order valence-electron chi connectivity index (χ2n) is 6.55. The first-order chi connectivity index (χ1) is 14.9. The summed E-state index contributed by atoms with van der Waals surface area (Å²) in [6.45, 7) is 0.623. The molecule has 0 heterocycles. The fourth-order valence-electron chi connectivity index (χ4n) is 2.94. The monoisotopic (exact) mass is 461 g/mol. The number of rotatable bonds is 9. The van der Waals surface area contributed by atoms with Gasteiger partial charge in [0.2, 0.25) is 0 Å². The fraction of sp³-hybridized carbons (Fsp3) is 0.174. The summed E-state index contributed by atoms with van der Waals surface area (Å²) in [6, 6.07) is 15.4. The van der Waals surface area contributed by atoms with Crippen LogP contribution in [0.4, 0.5) is 5.69 Å². The Balaban J connectivity index is 1.73. The first-order valence-corrected chi connectivity index (χ1v) is 10.1. The number of halogens is 2. The van der Waals surface area contributed by atoms with Gasteiger partial charge in [0.05, 0.1) is 25.5 Å². The highest BCUT2D eigenvalue weighted by atomic mass is 35.5. The highest BCUT2D eigenvalue weighted by Crippen LogP contribution is 2.32. The number of benzene rings is 3. The van der Waals surface area contributed by atoms with Crippen molar-refractivity contribution in [2.75, 3.05) is 19.5 Å². The molecule has 0 saturated carbocycles. The molecule has 0 aromatic heterocycles. The SMILES string of the molecule is COc1ccc(C(=O)O)cc1NCc1ccc(OCc2c(Cl)cccc2Cl)c(OC)c1. The first kappa shape index (κ1) is 22.6. The fourth-order valence-corrected chi connectivity index (χ4v) is 3.44. The van der Waals surface area contributed by atoms with Gasteiger partial charge in [0, 0.05) is 22.2 Å². The molecule has 0 aliphatic carbocycles. The lowest BCUT2D eigenvalue weighted by atomic mass is 10.1. The number of carboxylic acids is 1. The van der Waals surface area contributed by atoms with E-state index in [-0.39, 0.29) is 12.2 Å². The van der Waals surface area contributed by atoms with Crippen molar-refractivity contribution in [3.63, 3.8) is 0 Å². The van der Waals surface area contributed by atoms with Crippen LogP contribution in [-0.2, 0) is 13.2 Å². The van der Waals surface area contributed by atoms with Crippen molar-refractivity contribution in [1.82, 2.24) is 0 Å². The Labute approximate surface area is 190 Å². The minimum atomic E-state index is -1.01. The number of anilines is 1. The van der Waals surface area contributed by atoms with Crippen LogP contribution in [0.1, 0.15) is 21.5 Å². The van der Waals surface area contributed by atoms with Crippen molar-refractivity contribution in [3.8, 4) is 17.2 Å². The molecular formula is C23H21Cl2NO5. The smallest absolute Gasteiger partial charge is 0.335 e. The van der Waals surface area contributed by atoms with Crippen LogP contribution >= 0.6 is 23.2 Å². The topological polar surface area (TPSA) is 77.0 Å². The van der Waals surface area contributed by atoms with E-state index in [1.165, 1.54) is 19.2 Å². The highest BCUT2D eigenvalue weighted by Gasteiger charge is 2.12. The zero-order chi connectivity index (χ0) is 22.4. The molecule has 0 saturated heterocycles. The van der Waals surface area contributed by atoms with E-state index in [9.17, 15) is 9.90 Å². The molecule has 2 N–H and O–H groups in total. The lowest BCUT2D eigenvalue weighted by molar-refractivity contribution is 0.0697. The van der Waals surface area contributed by atoms with Crippen molar-refractivity contribution in [1.29, 1.82) is 0 Å². The summed E-state index contributed by atoms with van der Waals surface area (Å²) in [6.07, 6.45) is 0. The van der Waals surface area contributed by atoms with Gasteiger partial charge in [-0.25, -0.2) is 4.79 Å². The predicted octanol–water partition coefficient (Wildman–Crippen LogP) is 5.90. The minimum absolute atomic E-state index is 0.169. The van der Waals surface area contributed by atoms with Crippen molar-refractivity contribution in [2.24, 2.45) is 0 Å². The van der Waals surface area contributed by atoms with Gasteiger partial charge < -0.3 is 24.6 Å². The normalized spacial score (nSPS) is 10.5. The molecule has 3 rings (SSSR count). The van der Waals surface area contributed by atoms with Crippen LogP contribution in [0.5, 0.6) is 17.2 Å². The number of methoxy groups -OCH3 is 2. The second kappa shape index (κ2) is 10.3. The Bertz CT molecular complexity index is 1070. The van der Waals surface area contributed by atoms with Gasteiger partial charge in [-0.3, -0.25) is 0 Å². The number of hydrogen-bond acceptors (Lipinski definition) is 5. The van der Waals surface area contributed by atoms with Crippen LogP contribution in [0.25, 0.3) is 0 Å². The third-order valence-electron chi connectivity index (χ3n) is 4.59. The molecule has 31 heavy (non-hydrogen) atoms. The van der Waals surface area contributed by atoms with Crippen LogP contribution in [0.2, 0.25) is 10.0 Å². The van der Waals surface area contributed by atoms with Crippen molar-refractivity contribution >= 4 is 34.9 Å². The van der Waals surface area contributed by atoms with Gasteiger partial charge in [0.25, 0.3) is 0 Å². The lowest BCUT2D eigenvalue weighted by Gasteiger charge is -2.15. The van der Waals surface area contributed by atoms with Crippen LogP contribution in [0.3, 0.4) is 0 Å². The molecule has 8 heteroatoms. The molecule has 0 amide bonds. The van der Waals surface area contributed by atoms with Gasteiger partial charge in [0.15, 0.2) is 11.5 Å². The lowest BCUT2D eigenvalue weighted by Crippen LogP contribution is -2.05. The van der Waals surface area contributed by atoms with Crippen molar-refractivity contribution in [2.45, 2.75) is 13.2 Å². The molecule has 3 aromatic rings. The summed E-state index contributed by atoms with van der Waals surface area (Å²) in [5.74, 6) is 0.641. The summed E-state index contributed by atoms with van der Waals surface area (Å²) >= 11 is 12.4. The van der Waals surface area contributed by atoms with E-state index in [0.29, 0.717) is 45.1 Å². The van der Waals surface area contributed by atoms with E-state index in [4.69, 9.17) is 37.4 Å². The molecule has 0 radical (unpaired) electrons. The maximum Gasteiger partial charge on any atom is 0.335 e. The first-order valence-electron chi connectivity index (χ1n) is 9.30. The molecule has 0 fully saturated rings. The van der Waals surface area contributed by atoms with Crippen molar-refractivity contribution < 1.29 is 24.1 Å². The van der Waals surface area contributed by atoms with E-state index in [1.54, 1.807) is 37.4 Å². The van der Waals surface area contributed by atoms with Gasteiger partial charge in [-0.05, 0) is 48.0 Å². The van der Waals surface area contributed by atoms with E-state index < -0.39 is 5.97 Å². The molecule has 3 aromatic carbocycles. The largest absolute Gasteiger partial charge is 0.495 e. The number of hydrogen-bond donors (Lipinski definition) is 2. The van der Waals surface area contributed by atoms with E-state index in [1.807, 2.05) is 12.1 Å². The molecular weight excluding hydrogens is 441 g/mol. The third-order valence-corrected chi connectivity index (χ3v) is 5.30. The molecule has 0 aliphatic rings. The average molecular weight is 462 g/mol. The van der Waals surface area contributed by atoms with Crippen molar-refractivity contribution in [3.05, 3.63) is 81.3 Å². The number of aromatic carboxylic acids is 1. The Morgan fingerprint density at radius 1 is 0.935 bits per heavy atom. The van der Waals surface area contributed by atoms with Crippen LogP contribution in [0, 0.1) is 0 Å². The average Bonchev–Trinajstić information content (AvgIpc) is 2.77. The summed E-state index contributed by atoms with van der Waals surface area (Å²) < 4.78 is 16.6. The Kier molecular flexibility index (Phi) is 7.50. The quantitative estimate of drug-likeness (QED) is 0.412. The van der Waals surface area contributed by atoms with Crippen LogP contribution < -0.4 is 19.5 Å². The number of carbonyl (C=O) groups is 1. The zero-order valence-corrected chi connectivity index (χ0v) is 18.5. The Morgan fingerprint density at radius 2 is 1.61 bits per heavy atom. The molecule has 0 aliphatic heterocycles. The molecule has 0 bridgehead atoms. The maximum atomic E-state index is 11.2. The van der Waals surface area contributed by atoms with E-state index >= 15 is 0 Å². The number of ether oxygens (including phenoxy) is 3. The summed E-state index contributed by atoms with van der Waals surface area (Å²) in [7, 11) is 3.09. The molecule has 162 valence electrons. The number of carboxylic acid groups (broad SMARTS) is 1. The molecule has 0 atom stereocenters. The Morgan fingerprint density at radius 3 is 2.26 bits per heavy atom. The van der Waals surface area contributed by atoms with Crippen LogP contribution in [0.15, 0.2) is 54.6 Å². The number of nitrogens with one attached hydrogen (secondary N) is 1. The van der Waals surface area contributed by atoms with Gasteiger partial charge in [0.1, 0.15) is 12.4 Å². The predicted molar refractivity (Wildman–Crippen MR) is 121 cm³/mol. The molecule has 0 spiro atoms. The maximum absolute atomic E-state index is 11.2. The standard InChI is InChI=1S/C23H21Cl2NO5/c1-29-20-9-7-15(23(27)28)11-19(20)26-12-14-6-8-21(22(10-14)30-2)31-13-16-17(24)4-3-5-18(16)25/h3-11,26H,12-13H2,1-2H3,(H,27,28). The van der Waals surface area contributed by atoms with Gasteiger partial charge in [-0.2, -0.15) is 0 Å². The summed E-state index contributed by atoms with van der Waals surface area (Å²) in [4.78, 5) is 11.2. The minimum Gasteiger partial charge on any atom is -0.495 e. The van der Waals surface area contributed by atoms with Gasteiger partial charge in [-0.15, -0.1) is 0 Å².